The highest BCUT2D eigenvalue weighted by atomic mass is 16.6. The molecule has 1 rings (SSSR count). The van der Waals surface area contributed by atoms with Crippen LogP contribution in [0.5, 0.6) is 0 Å². The van der Waals surface area contributed by atoms with Gasteiger partial charge in [-0.15, -0.1) is 0 Å². The van der Waals surface area contributed by atoms with Gasteiger partial charge in [-0.2, -0.15) is 0 Å². The molecule has 21 heavy (non-hydrogen) atoms. The van der Waals surface area contributed by atoms with Crippen LogP contribution in [0.3, 0.4) is 0 Å². The Morgan fingerprint density at radius 2 is 1.95 bits per heavy atom. The third-order valence-corrected chi connectivity index (χ3v) is 2.86. The predicted octanol–water partition coefficient (Wildman–Crippen LogP) is 1.07. The van der Waals surface area contributed by atoms with Gasteiger partial charge in [0.05, 0.1) is 17.6 Å². The molecule has 0 aromatic heterocycles. The van der Waals surface area contributed by atoms with Crippen molar-refractivity contribution in [1.29, 1.82) is 0 Å². The lowest BCUT2D eigenvalue weighted by molar-refractivity contribution is -0.384. The second kappa shape index (κ2) is 7.51. The number of ketones is 1. The number of nitrogens with one attached hydrogen (secondary N) is 1. The number of carbonyl (C=O) groups excluding carboxylic acids is 1. The number of aliphatic hydroxyl groups is 2. The molecular weight excluding hydrogens is 276 g/mol. The lowest BCUT2D eigenvalue weighted by Gasteiger charge is -2.23. The summed E-state index contributed by atoms with van der Waals surface area (Å²) in [5.41, 5.74) is 0.873. The zero-order valence-corrected chi connectivity index (χ0v) is 11.8. The van der Waals surface area contributed by atoms with Gasteiger partial charge < -0.3 is 15.5 Å². The first kappa shape index (κ1) is 16.8. The Bertz CT molecular complexity index is 539. The van der Waals surface area contributed by atoms with Crippen LogP contribution in [0.15, 0.2) is 36.0 Å². The summed E-state index contributed by atoms with van der Waals surface area (Å²) in [6, 6.07) is 4.70. The molecule has 0 heterocycles. The highest BCUT2D eigenvalue weighted by molar-refractivity contribution is 5.87. The van der Waals surface area contributed by atoms with Crippen molar-refractivity contribution >= 4 is 11.5 Å². The van der Waals surface area contributed by atoms with Crippen molar-refractivity contribution in [2.75, 3.05) is 6.61 Å². The van der Waals surface area contributed by atoms with E-state index in [0.29, 0.717) is 11.3 Å². The van der Waals surface area contributed by atoms with E-state index >= 15 is 0 Å². The number of non-ortho nitro benzene ring substituents is 1. The molecule has 3 N–H and O–H groups in total. The van der Waals surface area contributed by atoms with Gasteiger partial charge in [-0.25, -0.2) is 0 Å². The molecule has 0 aliphatic heterocycles. The summed E-state index contributed by atoms with van der Waals surface area (Å²) in [4.78, 5) is 21.0. The van der Waals surface area contributed by atoms with Gasteiger partial charge in [-0.05, 0) is 37.6 Å². The van der Waals surface area contributed by atoms with Crippen molar-refractivity contribution in [1.82, 2.24) is 5.32 Å². The van der Waals surface area contributed by atoms with Gasteiger partial charge in [-0.1, -0.05) is 0 Å². The highest BCUT2D eigenvalue weighted by Gasteiger charge is 2.21. The molecule has 0 fully saturated rings. The van der Waals surface area contributed by atoms with Crippen LogP contribution in [-0.4, -0.2) is 33.6 Å². The van der Waals surface area contributed by atoms with Crippen molar-refractivity contribution in [2.24, 2.45) is 0 Å². The first-order chi connectivity index (χ1) is 9.85. The number of nitro benzene ring substituents is 1. The first-order valence-electron chi connectivity index (χ1n) is 6.33. The molecule has 0 aliphatic rings. The van der Waals surface area contributed by atoms with Gasteiger partial charge in [0, 0.05) is 17.8 Å². The van der Waals surface area contributed by atoms with E-state index in [9.17, 15) is 25.1 Å². The summed E-state index contributed by atoms with van der Waals surface area (Å²) in [5.74, 6) is -0.151. The maximum atomic E-state index is 11.0. The third kappa shape index (κ3) is 4.97. The number of hydrogen-bond acceptors (Lipinski definition) is 6. The van der Waals surface area contributed by atoms with Crippen LogP contribution in [0, 0.1) is 10.1 Å². The number of nitrogens with zero attached hydrogens (tertiary/aromatic N) is 1. The van der Waals surface area contributed by atoms with Crippen molar-refractivity contribution in [3.05, 3.63) is 51.7 Å². The second-order valence-corrected chi connectivity index (χ2v) is 4.66. The molecule has 0 bridgehead atoms. The summed E-state index contributed by atoms with van der Waals surface area (Å²) in [5, 5.41) is 32.9. The zero-order valence-electron chi connectivity index (χ0n) is 11.8. The van der Waals surface area contributed by atoms with Crippen molar-refractivity contribution in [3.63, 3.8) is 0 Å². The molecular formula is C14H18N2O5. The topological polar surface area (TPSA) is 113 Å². The van der Waals surface area contributed by atoms with Gasteiger partial charge in [0.15, 0.2) is 5.78 Å². The fourth-order valence-electron chi connectivity index (χ4n) is 1.89. The Morgan fingerprint density at radius 3 is 2.38 bits per heavy atom. The minimum Gasteiger partial charge on any atom is -0.394 e. The Labute approximate surface area is 122 Å². The molecule has 0 radical (unpaired) electrons. The van der Waals surface area contributed by atoms with Crippen LogP contribution in [0.4, 0.5) is 5.69 Å². The molecule has 114 valence electrons. The molecule has 1 aromatic rings. The Balaban J connectivity index is 2.85. The smallest absolute Gasteiger partial charge is 0.269 e. The number of allylic oxidation sites excluding steroid dienone is 2. The lowest BCUT2D eigenvalue weighted by Crippen LogP contribution is -2.37. The maximum Gasteiger partial charge on any atom is 0.269 e. The van der Waals surface area contributed by atoms with Crippen molar-refractivity contribution in [2.45, 2.75) is 26.0 Å². The van der Waals surface area contributed by atoms with E-state index in [1.54, 1.807) is 6.92 Å². The average Bonchev–Trinajstić information content (AvgIpc) is 2.43. The molecule has 0 saturated heterocycles. The molecule has 2 atom stereocenters. The SMILES string of the molecule is CC(=O)/C=C(/C)N[C@H](CO)[C@H](O)c1ccc([N+](=O)[O-])cc1. The summed E-state index contributed by atoms with van der Waals surface area (Å²) in [6.45, 7) is 2.68. The monoisotopic (exact) mass is 294 g/mol. The normalized spacial score (nSPS) is 14.4. The van der Waals surface area contributed by atoms with E-state index < -0.39 is 17.1 Å². The van der Waals surface area contributed by atoms with E-state index in [4.69, 9.17) is 0 Å². The van der Waals surface area contributed by atoms with Crippen LogP contribution >= 0.6 is 0 Å². The van der Waals surface area contributed by atoms with Crippen molar-refractivity contribution in [3.8, 4) is 0 Å². The Kier molecular flexibility index (Phi) is 6.01. The van der Waals surface area contributed by atoms with Crippen LogP contribution in [0.2, 0.25) is 0 Å². The minimum atomic E-state index is -1.06. The molecule has 7 heteroatoms. The highest BCUT2D eigenvalue weighted by Crippen LogP contribution is 2.20. The Morgan fingerprint density at radius 1 is 1.38 bits per heavy atom. The summed E-state index contributed by atoms with van der Waals surface area (Å²) in [7, 11) is 0. The van der Waals surface area contributed by atoms with Gasteiger partial charge in [0.25, 0.3) is 5.69 Å². The number of nitro groups is 1. The van der Waals surface area contributed by atoms with Gasteiger partial charge in [-0.3, -0.25) is 14.9 Å². The summed E-state index contributed by atoms with van der Waals surface area (Å²) < 4.78 is 0. The number of carbonyl (C=O) groups is 1. The summed E-state index contributed by atoms with van der Waals surface area (Å²) in [6.07, 6.45) is 0.289. The van der Waals surface area contributed by atoms with E-state index in [-0.39, 0.29) is 18.1 Å². The molecule has 0 spiro atoms. The van der Waals surface area contributed by atoms with Gasteiger partial charge in [0.1, 0.15) is 6.10 Å². The van der Waals surface area contributed by atoms with Crippen molar-refractivity contribution < 1.29 is 19.9 Å². The largest absolute Gasteiger partial charge is 0.394 e. The van der Waals surface area contributed by atoms with Gasteiger partial charge >= 0.3 is 0 Å². The lowest BCUT2D eigenvalue weighted by atomic mass is 10.0. The first-order valence-corrected chi connectivity index (χ1v) is 6.33. The van der Waals surface area contributed by atoms with Gasteiger partial charge in [0.2, 0.25) is 0 Å². The summed E-state index contributed by atoms with van der Waals surface area (Å²) >= 11 is 0. The quantitative estimate of drug-likeness (QED) is 0.394. The minimum absolute atomic E-state index is 0.0767. The second-order valence-electron chi connectivity index (χ2n) is 4.66. The number of hydrogen-bond donors (Lipinski definition) is 3. The average molecular weight is 294 g/mol. The standard InChI is InChI=1S/C14H18N2O5/c1-9(7-10(2)18)15-13(8-17)14(19)11-3-5-12(6-4-11)16(20)21/h3-7,13-15,17,19H,8H2,1-2H3/b9-7-/t13-,14-/m1/s1. The number of rotatable bonds is 7. The van der Waals surface area contributed by atoms with Crippen LogP contribution in [-0.2, 0) is 4.79 Å². The fourth-order valence-corrected chi connectivity index (χ4v) is 1.89. The third-order valence-electron chi connectivity index (χ3n) is 2.86. The number of aliphatic hydroxyl groups excluding tert-OH is 2. The fraction of sp³-hybridized carbons (Fsp3) is 0.357. The van der Waals surface area contributed by atoms with Crippen LogP contribution in [0.1, 0.15) is 25.5 Å². The molecule has 0 saturated carbocycles. The molecule has 7 nitrogen and oxygen atoms in total. The van der Waals surface area contributed by atoms with E-state index in [0.717, 1.165) is 0 Å². The molecule has 0 aliphatic carbocycles. The Hall–Kier alpha value is -2.25. The number of benzene rings is 1. The molecule has 0 unspecified atom stereocenters. The van der Waals surface area contributed by atoms with E-state index in [2.05, 4.69) is 5.32 Å². The van der Waals surface area contributed by atoms with E-state index in [1.807, 2.05) is 0 Å². The molecule has 1 aromatic carbocycles. The maximum absolute atomic E-state index is 11.0. The van der Waals surface area contributed by atoms with Crippen LogP contribution < -0.4 is 5.32 Å². The predicted molar refractivity (Wildman–Crippen MR) is 76.5 cm³/mol. The molecule has 0 amide bonds. The zero-order chi connectivity index (χ0) is 16.0. The van der Waals surface area contributed by atoms with Crippen LogP contribution in [0.25, 0.3) is 0 Å². The van der Waals surface area contributed by atoms with E-state index in [1.165, 1.54) is 37.3 Å².